The molecule has 1 fully saturated rings. The smallest absolute Gasteiger partial charge is 0.233 e. The Morgan fingerprint density at radius 3 is 2.50 bits per heavy atom. The molecule has 0 spiro atoms. The minimum absolute atomic E-state index is 0.0540. The standard InChI is InChI=1S/C26H29ClF2N4O4S/c1-16(24-21(28)6-7-22(29)25(24)27)37-23-14-18(15-31-26(23)30)17-2-4-19(5-3-17)32-38(35,36)13-12-33-10-8-20(34)9-11-33/h2-7,14-16,20,32,34H,8-13H2,1H3,(H2,30,31). The first-order chi connectivity index (χ1) is 18.0. The minimum Gasteiger partial charge on any atom is -0.482 e. The predicted molar refractivity (Wildman–Crippen MR) is 144 cm³/mol. The van der Waals surface area contributed by atoms with Crippen LogP contribution < -0.4 is 15.2 Å². The fourth-order valence-electron chi connectivity index (χ4n) is 4.23. The third-order valence-electron chi connectivity index (χ3n) is 6.40. The first-order valence-corrected chi connectivity index (χ1v) is 14.1. The molecule has 1 unspecified atom stereocenters. The summed E-state index contributed by atoms with van der Waals surface area (Å²) < 4.78 is 61.6. The van der Waals surface area contributed by atoms with Crippen LogP contribution in [0.15, 0.2) is 48.7 Å². The van der Waals surface area contributed by atoms with E-state index in [0.29, 0.717) is 49.3 Å². The molecule has 204 valence electrons. The molecular formula is C26H29ClF2N4O4S. The van der Waals surface area contributed by atoms with E-state index in [2.05, 4.69) is 9.71 Å². The number of likely N-dealkylation sites (tertiary alicyclic amines) is 1. The molecule has 0 radical (unpaired) electrons. The Hall–Kier alpha value is -2.99. The van der Waals surface area contributed by atoms with Crippen molar-refractivity contribution < 1.29 is 27.0 Å². The highest BCUT2D eigenvalue weighted by atomic mass is 35.5. The van der Waals surface area contributed by atoms with Gasteiger partial charge in [-0.1, -0.05) is 23.7 Å². The number of hydrogen-bond donors (Lipinski definition) is 3. The first kappa shape index (κ1) is 28.0. The maximum absolute atomic E-state index is 14.3. The first-order valence-electron chi connectivity index (χ1n) is 12.1. The number of piperidine rings is 1. The third kappa shape index (κ3) is 6.90. The lowest BCUT2D eigenvalue weighted by Crippen LogP contribution is -2.39. The summed E-state index contributed by atoms with van der Waals surface area (Å²) in [5.41, 5.74) is 7.56. The highest BCUT2D eigenvalue weighted by Crippen LogP contribution is 2.35. The van der Waals surface area contributed by atoms with Crippen LogP contribution in [0.25, 0.3) is 11.1 Å². The monoisotopic (exact) mass is 566 g/mol. The number of aliphatic hydroxyl groups excluding tert-OH is 1. The highest BCUT2D eigenvalue weighted by molar-refractivity contribution is 7.92. The Morgan fingerprint density at radius 2 is 1.82 bits per heavy atom. The molecule has 2 heterocycles. The fraction of sp³-hybridized carbons (Fsp3) is 0.346. The summed E-state index contributed by atoms with van der Waals surface area (Å²) in [5.74, 6) is -1.31. The Balaban J connectivity index is 1.42. The van der Waals surface area contributed by atoms with E-state index >= 15 is 0 Å². The van der Waals surface area contributed by atoms with Gasteiger partial charge in [-0.15, -0.1) is 0 Å². The lowest BCUT2D eigenvalue weighted by atomic mass is 10.1. The minimum atomic E-state index is -3.56. The normalized spacial score (nSPS) is 15.8. The zero-order valence-electron chi connectivity index (χ0n) is 20.7. The number of rotatable bonds is 9. The van der Waals surface area contributed by atoms with Crippen LogP contribution in [0.2, 0.25) is 5.02 Å². The number of benzene rings is 2. The Labute approximate surface area is 225 Å². The SMILES string of the molecule is CC(Oc1cc(-c2ccc(NS(=O)(=O)CCN3CCC(O)CC3)cc2)cnc1N)c1c(F)ccc(F)c1Cl. The summed E-state index contributed by atoms with van der Waals surface area (Å²) >= 11 is 5.95. The Bertz CT molecular complexity index is 1380. The van der Waals surface area contributed by atoms with Gasteiger partial charge in [0.1, 0.15) is 17.7 Å². The van der Waals surface area contributed by atoms with E-state index in [1.807, 2.05) is 4.90 Å². The van der Waals surface area contributed by atoms with Crippen LogP contribution in [0.1, 0.15) is 31.4 Å². The zero-order valence-corrected chi connectivity index (χ0v) is 22.3. The van der Waals surface area contributed by atoms with Gasteiger partial charge in [-0.3, -0.25) is 4.72 Å². The Kier molecular flexibility index (Phi) is 8.71. The molecule has 12 heteroatoms. The molecule has 0 saturated carbocycles. The lowest BCUT2D eigenvalue weighted by molar-refractivity contribution is 0.0856. The van der Waals surface area contributed by atoms with Gasteiger partial charge in [0.05, 0.1) is 16.9 Å². The van der Waals surface area contributed by atoms with Crippen molar-refractivity contribution in [1.29, 1.82) is 0 Å². The van der Waals surface area contributed by atoms with Crippen LogP contribution in [-0.4, -0.2) is 54.9 Å². The zero-order chi connectivity index (χ0) is 27.4. The number of nitrogen functional groups attached to an aromatic ring is 1. The number of anilines is 2. The van der Waals surface area contributed by atoms with Crippen molar-refractivity contribution in [3.8, 4) is 16.9 Å². The van der Waals surface area contributed by atoms with Crippen molar-refractivity contribution in [2.24, 2.45) is 0 Å². The summed E-state index contributed by atoms with van der Waals surface area (Å²) in [7, 11) is -3.56. The van der Waals surface area contributed by atoms with Gasteiger partial charge in [0, 0.05) is 42.6 Å². The van der Waals surface area contributed by atoms with Crippen LogP contribution in [-0.2, 0) is 10.0 Å². The molecule has 0 aliphatic carbocycles. The van der Waals surface area contributed by atoms with Crippen molar-refractivity contribution in [3.63, 3.8) is 0 Å². The molecule has 4 rings (SSSR count). The van der Waals surface area contributed by atoms with Crippen molar-refractivity contribution >= 4 is 33.1 Å². The second-order valence-electron chi connectivity index (χ2n) is 9.20. The van der Waals surface area contributed by atoms with Crippen LogP contribution in [0.4, 0.5) is 20.3 Å². The van der Waals surface area contributed by atoms with Gasteiger partial charge in [0.2, 0.25) is 10.0 Å². The molecule has 4 N–H and O–H groups in total. The van der Waals surface area contributed by atoms with Crippen LogP contribution in [0, 0.1) is 11.6 Å². The van der Waals surface area contributed by atoms with Gasteiger partial charge in [-0.05, 0) is 55.7 Å². The van der Waals surface area contributed by atoms with Gasteiger partial charge in [0.15, 0.2) is 11.6 Å². The van der Waals surface area contributed by atoms with Crippen molar-refractivity contribution in [3.05, 3.63) is 70.9 Å². The summed E-state index contributed by atoms with van der Waals surface area (Å²) in [6, 6.07) is 10.2. The van der Waals surface area contributed by atoms with Gasteiger partial charge < -0.3 is 20.5 Å². The van der Waals surface area contributed by atoms with Crippen molar-refractivity contribution in [1.82, 2.24) is 9.88 Å². The molecule has 1 saturated heterocycles. The number of hydrogen-bond acceptors (Lipinski definition) is 7. The summed E-state index contributed by atoms with van der Waals surface area (Å²) in [6.07, 6.45) is 1.56. The van der Waals surface area contributed by atoms with Gasteiger partial charge in [-0.25, -0.2) is 22.2 Å². The van der Waals surface area contributed by atoms with E-state index in [1.165, 1.54) is 13.1 Å². The number of ether oxygens (including phenoxy) is 1. The lowest BCUT2D eigenvalue weighted by Gasteiger charge is -2.29. The summed E-state index contributed by atoms with van der Waals surface area (Å²) in [4.78, 5) is 6.17. The molecule has 1 aliphatic heterocycles. The molecule has 0 amide bonds. The third-order valence-corrected chi connectivity index (χ3v) is 8.05. The average molecular weight is 567 g/mol. The summed E-state index contributed by atoms with van der Waals surface area (Å²) in [6.45, 7) is 3.26. The van der Waals surface area contributed by atoms with Crippen LogP contribution >= 0.6 is 11.6 Å². The molecule has 1 aromatic heterocycles. The van der Waals surface area contributed by atoms with Gasteiger partial charge in [0.25, 0.3) is 0 Å². The van der Waals surface area contributed by atoms with E-state index < -0.39 is 27.8 Å². The van der Waals surface area contributed by atoms with E-state index in [-0.39, 0.29) is 34.0 Å². The van der Waals surface area contributed by atoms with E-state index in [4.69, 9.17) is 22.1 Å². The number of aromatic nitrogens is 1. The molecule has 1 aliphatic rings. The predicted octanol–water partition coefficient (Wildman–Crippen LogP) is 4.60. The second kappa shape index (κ2) is 11.8. The van der Waals surface area contributed by atoms with E-state index in [0.717, 1.165) is 12.1 Å². The number of pyridine rings is 1. The molecule has 2 aromatic carbocycles. The van der Waals surface area contributed by atoms with Crippen molar-refractivity contribution in [2.45, 2.75) is 32.0 Å². The maximum Gasteiger partial charge on any atom is 0.233 e. The largest absolute Gasteiger partial charge is 0.482 e. The second-order valence-corrected chi connectivity index (χ2v) is 11.4. The van der Waals surface area contributed by atoms with Gasteiger partial charge >= 0.3 is 0 Å². The summed E-state index contributed by atoms with van der Waals surface area (Å²) in [5, 5.41) is 9.23. The van der Waals surface area contributed by atoms with Crippen LogP contribution in [0.5, 0.6) is 5.75 Å². The van der Waals surface area contributed by atoms with E-state index in [9.17, 15) is 22.3 Å². The molecule has 3 aromatic rings. The quantitative estimate of drug-likeness (QED) is 0.324. The number of nitrogens with zero attached hydrogens (tertiary/aromatic N) is 2. The molecule has 0 bridgehead atoms. The van der Waals surface area contributed by atoms with E-state index in [1.54, 1.807) is 30.3 Å². The number of aliphatic hydroxyl groups is 1. The topological polar surface area (TPSA) is 118 Å². The molecule has 1 atom stereocenters. The fourth-order valence-corrected chi connectivity index (χ4v) is 5.63. The maximum atomic E-state index is 14.3. The number of halogens is 3. The molecular weight excluding hydrogens is 538 g/mol. The van der Waals surface area contributed by atoms with Gasteiger partial charge in [-0.2, -0.15) is 0 Å². The molecule has 8 nitrogen and oxygen atoms in total. The average Bonchev–Trinajstić information content (AvgIpc) is 2.88. The van der Waals surface area contributed by atoms with Crippen LogP contribution in [0.3, 0.4) is 0 Å². The number of nitrogens with two attached hydrogens (primary N) is 1. The number of sulfonamides is 1. The number of nitrogens with one attached hydrogen (secondary N) is 1. The molecule has 38 heavy (non-hydrogen) atoms. The highest BCUT2D eigenvalue weighted by Gasteiger charge is 2.22. The Morgan fingerprint density at radius 1 is 1.16 bits per heavy atom. The van der Waals surface area contributed by atoms with Crippen molar-refractivity contribution in [2.75, 3.05) is 35.8 Å².